The summed E-state index contributed by atoms with van der Waals surface area (Å²) in [7, 11) is 0. The lowest BCUT2D eigenvalue weighted by Gasteiger charge is -2.30. The van der Waals surface area contributed by atoms with Crippen LogP contribution in [0.5, 0.6) is 0 Å². The lowest BCUT2D eigenvalue weighted by molar-refractivity contribution is -0.143. The van der Waals surface area contributed by atoms with E-state index in [0.717, 1.165) is 18.4 Å². The Kier molecular flexibility index (Phi) is 6.45. The fourth-order valence-corrected chi connectivity index (χ4v) is 3.66. The Balaban J connectivity index is 1.76. The summed E-state index contributed by atoms with van der Waals surface area (Å²) in [5, 5.41) is 10.5. The zero-order chi connectivity index (χ0) is 18.4. The van der Waals surface area contributed by atoms with Crippen molar-refractivity contribution in [3.05, 3.63) is 71.3 Å². The van der Waals surface area contributed by atoms with Crippen molar-refractivity contribution in [3.8, 4) is 0 Å². The van der Waals surface area contributed by atoms with Crippen LogP contribution in [0.15, 0.2) is 54.6 Å². The highest BCUT2D eigenvalue weighted by atomic mass is 16.5. The van der Waals surface area contributed by atoms with E-state index in [0.29, 0.717) is 25.4 Å². The number of carbonyl (C=O) groups excluding carboxylic acids is 1. The number of carbonyl (C=O) groups is 1. The normalized spacial score (nSPS) is 16.5. The van der Waals surface area contributed by atoms with Crippen LogP contribution in [0.1, 0.15) is 67.7 Å². The number of benzene rings is 2. The van der Waals surface area contributed by atoms with E-state index in [1.807, 2.05) is 37.3 Å². The highest BCUT2D eigenvalue weighted by Crippen LogP contribution is 2.38. The second-order valence-corrected chi connectivity index (χ2v) is 7.11. The lowest BCUT2D eigenvalue weighted by atomic mass is 9.78. The van der Waals surface area contributed by atoms with E-state index in [4.69, 9.17) is 4.74 Å². The first-order valence-corrected chi connectivity index (χ1v) is 9.67. The third-order valence-electron chi connectivity index (χ3n) is 5.42. The summed E-state index contributed by atoms with van der Waals surface area (Å²) in [6.07, 6.45) is 4.23. The molecular formula is C23H28O3. The Hall–Kier alpha value is -2.13. The summed E-state index contributed by atoms with van der Waals surface area (Å²) >= 11 is 0. The quantitative estimate of drug-likeness (QED) is 0.680. The predicted octanol–water partition coefficient (Wildman–Crippen LogP) is 5.00. The Morgan fingerprint density at radius 1 is 1.04 bits per heavy atom. The largest absolute Gasteiger partial charge is 0.466 e. The molecule has 138 valence electrons. The van der Waals surface area contributed by atoms with Crippen molar-refractivity contribution < 1.29 is 14.6 Å². The van der Waals surface area contributed by atoms with Gasteiger partial charge < -0.3 is 9.84 Å². The summed E-state index contributed by atoms with van der Waals surface area (Å²) in [6.45, 7) is 2.25. The van der Waals surface area contributed by atoms with Crippen molar-refractivity contribution in [2.24, 2.45) is 5.92 Å². The molecule has 2 unspecified atom stereocenters. The summed E-state index contributed by atoms with van der Waals surface area (Å²) in [4.78, 5) is 11.8. The molecule has 0 heterocycles. The molecule has 1 fully saturated rings. The average molecular weight is 352 g/mol. The van der Waals surface area contributed by atoms with Crippen molar-refractivity contribution in [1.29, 1.82) is 0 Å². The zero-order valence-electron chi connectivity index (χ0n) is 15.4. The number of rotatable bonds is 8. The highest BCUT2D eigenvalue weighted by molar-refractivity contribution is 5.69. The van der Waals surface area contributed by atoms with Crippen LogP contribution >= 0.6 is 0 Å². The van der Waals surface area contributed by atoms with E-state index < -0.39 is 0 Å². The minimum Gasteiger partial charge on any atom is -0.466 e. The maximum Gasteiger partial charge on any atom is 0.305 e. The molecule has 3 heteroatoms. The Morgan fingerprint density at radius 3 is 2.23 bits per heavy atom. The Morgan fingerprint density at radius 2 is 1.65 bits per heavy atom. The first-order chi connectivity index (χ1) is 12.7. The van der Waals surface area contributed by atoms with Crippen LogP contribution in [0.25, 0.3) is 0 Å². The smallest absolute Gasteiger partial charge is 0.305 e. The monoisotopic (exact) mass is 352 g/mol. The Bertz CT molecular complexity index is 689. The van der Waals surface area contributed by atoms with Crippen molar-refractivity contribution in [2.75, 3.05) is 6.61 Å². The number of hydrogen-bond donors (Lipinski definition) is 1. The molecule has 0 aromatic heterocycles. The van der Waals surface area contributed by atoms with Gasteiger partial charge in [-0.3, -0.25) is 4.79 Å². The van der Waals surface area contributed by atoms with Gasteiger partial charge in [0.05, 0.1) is 12.7 Å². The molecule has 3 rings (SSSR count). The zero-order valence-corrected chi connectivity index (χ0v) is 15.4. The molecule has 2 atom stereocenters. The number of hydrogen-bond acceptors (Lipinski definition) is 3. The van der Waals surface area contributed by atoms with E-state index >= 15 is 0 Å². The van der Waals surface area contributed by atoms with Crippen LogP contribution in [0, 0.1) is 5.92 Å². The van der Waals surface area contributed by atoms with Gasteiger partial charge in [0.1, 0.15) is 0 Å². The predicted molar refractivity (Wildman–Crippen MR) is 103 cm³/mol. The van der Waals surface area contributed by atoms with Crippen LogP contribution in [0.3, 0.4) is 0 Å². The van der Waals surface area contributed by atoms with Crippen molar-refractivity contribution in [1.82, 2.24) is 0 Å². The minimum absolute atomic E-state index is 0.148. The number of esters is 1. The van der Waals surface area contributed by atoms with Crippen LogP contribution in [-0.4, -0.2) is 17.7 Å². The first kappa shape index (κ1) is 18.7. The number of aliphatic hydroxyl groups is 1. The van der Waals surface area contributed by atoms with Gasteiger partial charge in [-0.2, -0.15) is 0 Å². The maximum atomic E-state index is 11.8. The average Bonchev–Trinajstić information content (AvgIpc) is 2.62. The summed E-state index contributed by atoms with van der Waals surface area (Å²) < 4.78 is 5.09. The molecule has 2 aromatic rings. The van der Waals surface area contributed by atoms with Gasteiger partial charge in [-0.15, -0.1) is 0 Å². The molecule has 0 spiro atoms. The van der Waals surface area contributed by atoms with Gasteiger partial charge in [0.2, 0.25) is 0 Å². The fourth-order valence-electron chi connectivity index (χ4n) is 3.66. The molecular weight excluding hydrogens is 324 g/mol. The summed E-state index contributed by atoms with van der Waals surface area (Å²) in [5.41, 5.74) is 3.37. The van der Waals surface area contributed by atoms with Gasteiger partial charge in [-0.05, 0) is 48.8 Å². The van der Waals surface area contributed by atoms with Gasteiger partial charge in [0.25, 0.3) is 0 Å². The lowest BCUT2D eigenvalue weighted by Crippen LogP contribution is -2.20. The molecule has 0 amide bonds. The van der Waals surface area contributed by atoms with E-state index in [1.165, 1.54) is 17.5 Å². The molecule has 1 aliphatic carbocycles. The van der Waals surface area contributed by atoms with E-state index in [9.17, 15) is 9.90 Å². The van der Waals surface area contributed by atoms with Gasteiger partial charge >= 0.3 is 5.97 Å². The molecule has 1 saturated carbocycles. The topological polar surface area (TPSA) is 46.5 Å². The van der Waals surface area contributed by atoms with Crippen LogP contribution in [-0.2, 0) is 9.53 Å². The maximum absolute atomic E-state index is 11.8. The molecule has 0 aliphatic heterocycles. The van der Waals surface area contributed by atoms with Gasteiger partial charge in [-0.1, -0.05) is 61.0 Å². The number of aliphatic hydroxyl groups excluding tert-OH is 1. The Labute approximate surface area is 156 Å². The van der Waals surface area contributed by atoms with Crippen molar-refractivity contribution in [2.45, 2.75) is 51.0 Å². The van der Waals surface area contributed by atoms with Crippen LogP contribution in [0.4, 0.5) is 0 Å². The third kappa shape index (κ3) is 4.53. The second kappa shape index (κ2) is 9.00. The summed E-state index contributed by atoms with van der Waals surface area (Å²) in [6, 6.07) is 18.5. The molecule has 3 nitrogen and oxygen atoms in total. The molecule has 2 aromatic carbocycles. The molecule has 1 aliphatic rings. The van der Waals surface area contributed by atoms with Gasteiger partial charge in [-0.25, -0.2) is 0 Å². The van der Waals surface area contributed by atoms with Crippen molar-refractivity contribution in [3.63, 3.8) is 0 Å². The first-order valence-electron chi connectivity index (χ1n) is 9.67. The molecule has 26 heavy (non-hydrogen) atoms. The van der Waals surface area contributed by atoms with E-state index in [2.05, 4.69) is 24.3 Å². The molecule has 0 saturated heterocycles. The van der Waals surface area contributed by atoms with Crippen molar-refractivity contribution >= 4 is 5.97 Å². The fraction of sp³-hybridized carbons (Fsp3) is 0.435. The highest BCUT2D eigenvalue weighted by Gasteiger charge is 2.27. The second-order valence-electron chi connectivity index (χ2n) is 7.11. The van der Waals surface area contributed by atoms with Crippen LogP contribution < -0.4 is 0 Å². The third-order valence-corrected chi connectivity index (χ3v) is 5.42. The van der Waals surface area contributed by atoms with Gasteiger partial charge in [0, 0.05) is 12.3 Å². The molecule has 0 radical (unpaired) electrons. The van der Waals surface area contributed by atoms with Crippen LogP contribution in [0.2, 0.25) is 0 Å². The van der Waals surface area contributed by atoms with E-state index in [1.54, 1.807) is 0 Å². The minimum atomic E-state index is -0.354. The standard InChI is InChI=1S/C23H28O3/c1-2-26-22(24)16-15-21(17-7-4-3-5-8-17)18-11-13-20(14-12-18)23(25)19-9-6-10-19/h3-5,7-8,11-14,19,21,23,25H,2,6,9-10,15-16H2,1H3. The number of ether oxygens (including phenoxy) is 1. The summed E-state index contributed by atoms with van der Waals surface area (Å²) in [5.74, 6) is 0.413. The molecule has 0 bridgehead atoms. The SMILES string of the molecule is CCOC(=O)CCC(c1ccccc1)c1ccc(C(O)C2CCC2)cc1. The van der Waals surface area contributed by atoms with E-state index in [-0.39, 0.29) is 18.0 Å². The molecule has 1 N–H and O–H groups in total. The van der Waals surface area contributed by atoms with Gasteiger partial charge in [0.15, 0.2) is 0 Å².